The molecule has 0 amide bonds. The first-order chi connectivity index (χ1) is 12.7. The Labute approximate surface area is 147 Å². The van der Waals surface area contributed by atoms with E-state index in [1.54, 1.807) is 42.7 Å². The quantitative estimate of drug-likeness (QED) is 0.590. The van der Waals surface area contributed by atoms with Crippen molar-refractivity contribution < 1.29 is 4.39 Å². The predicted molar refractivity (Wildman–Crippen MR) is 92.7 cm³/mol. The second-order valence-electron chi connectivity index (χ2n) is 5.64. The van der Waals surface area contributed by atoms with Gasteiger partial charge in [-0.25, -0.2) is 14.5 Å². The summed E-state index contributed by atoms with van der Waals surface area (Å²) < 4.78 is 13.0. The van der Waals surface area contributed by atoms with Crippen molar-refractivity contribution in [3.63, 3.8) is 0 Å². The molecule has 0 unspecified atom stereocenters. The van der Waals surface area contributed by atoms with Gasteiger partial charge in [-0.3, -0.25) is 14.9 Å². The van der Waals surface area contributed by atoms with E-state index >= 15 is 0 Å². The highest BCUT2D eigenvalue weighted by Crippen LogP contribution is 2.19. The molecule has 0 bridgehead atoms. The van der Waals surface area contributed by atoms with E-state index in [0.717, 1.165) is 11.1 Å². The van der Waals surface area contributed by atoms with Gasteiger partial charge in [0.25, 0.3) is 5.56 Å². The lowest BCUT2D eigenvalue weighted by Crippen LogP contribution is -2.12. The molecule has 0 aliphatic carbocycles. The Hall–Kier alpha value is -3.68. The Bertz CT molecular complexity index is 1090. The molecule has 1 aromatic carbocycles. The number of hydrogen-bond acceptors (Lipinski definition) is 5. The predicted octanol–water partition coefficient (Wildman–Crippen LogP) is 2.35. The van der Waals surface area contributed by atoms with Gasteiger partial charge < -0.3 is 0 Å². The number of nitrogens with one attached hydrogen (secondary N) is 2. The molecule has 0 aliphatic rings. The van der Waals surface area contributed by atoms with E-state index in [9.17, 15) is 9.18 Å². The van der Waals surface area contributed by atoms with Crippen LogP contribution in [0.25, 0.3) is 22.6 Å². The topological polar surface area (TPSA) is 100 Å². The van der Waals surface area contributed by atoms with E-state index in [2.05, 4.69) is 30.4 Å². The molecule has 8 heteroatoms. The summed E-state index contributed by atoms with van der Waals surface area (Å²) in [6, 6.07) is 11.4. The standard InChI is InChI=1S/C18H13FN6O/c19-13-3-1-11(2-4-13)9-16-21-17(24-23-16)14-10-15(22-25-18(14)26)12-5-7-20-8-6-12/h1-8,10H,9H2,(H,25,26)(H,21,23,24). The summed E-state index contributed by atoms with van der Waals surface area (Å²) in [7, 11) is 0. The first kappa shape index (κ1) is 15.8. The van der Waals surface area contributed by atoms with Gasteiger partial charge in [-0.2, -0.15) is 10.2 Å². The summed E-state index contributed by atoms with van der Waals surface area (Å²) in [6.45, 7) is 0. The SMILES string of the molecule is O=c1[nH]nc(-c2ccncc2)cc1-c1n[nH]c(Cc2ccc(F)cc2)n1. The molecule has 4 rings (SSSR count). The van der Waals surface area contributed by atoms with Crippen LogP contribution in [0.1, 0.15) is 11.4 Å². The van der Waals surface area contributed by atoms with Gasteiger partial charge in [0.2, 0.25) is 0 Å². The number of hydrogen-bond donors (Lipinski definition) is 2. The van der Waals surface area contributed by atoms with Gasteiger partial charge in [-0.1, -0.05) is 12.1 Å². The van der Waals surface area contributed by atoms with E-state index < -0.39 is 0 Å². The van der Waals surface area contributed by atoms with E-state index in [-0.39, 0.29) is 17.2 Å². The summed E-state index contributed by atoms with van der Waals surface area (Å²) in [5.41, 5.74) is 2.23. The molecule has 0 aliphatic heterocycles. The Morgan fingerprint density at radius 1 is 0.962 bits per heavy atom. The van der Waals surface area contributed by atoms with Gasteiger partial charge in [-0.15, -0.1) is 0 Å². The highest BCUT2D eigenvalue weighted by atomic mass is 19.1. The van der Waals surface area contributed by atoms with Gasteiger partial charge in [0, 0.05) is 24.4 Å². The van der Waals surface area contributed by atoms with Crippen LogP contribution in [0.5, 0.6) is 0 Å². The van der Waals surface area contributed by atoms with Crippen LogP contribution in [0, 0.1) is 5.82 Å². The van der Waals surface area contributed by atoms with Crippen LogP contribution in [0.2, 0.25) is 0 Å². The maximum atomic E-state index is 13.0. The van der Waals surface area contributed by atoms with Crippen molar-refractivity contribution in [3.05, 3.63) is 82.4 Å². The summed E-state index contributed by atoms with van der Waals surface area (Å²) in [6.07, 6.45) is 3.75. The molecule has 0 saturated heterocycles. The van der Waals surface area contributed by atoms with E-state index in [0.29, 0.717) is 23.5 Å². The number of aromatic amines is 2. The molecule has 128 valence electrons. The molecule has 0 atom stereocenters. The van der Waals surface area contributed by atoms with Crippen LogP contribution in [0.4, 0.5) is 4.39 Å². The van der Waals surface area contributed by atoms with Crippen LogP contribution in [0.15, 0.2) is 59.7 Å². The Balaban J connectivity index is 1.65. The average Bonchev–Trinajstić information content (AvgIpc) is 3.13. The number of H-pyrrole nitrogens is 2. The summed E-state index contributed by atoms with van der Waals surface area (Å²) >= 11 is 0. The molecule has 3 heterocycles. The van der Waals surface area contributed by atoms with Crippen LogP contribution >= 0.6 is 0 Å². The maximum Gasteiger partial charge on any atom is 0.275 e. The van der Waals surface area contributed by atoms with Crippen LogP contribution in [-0.2, 0) is 6.42 Å². The maximum absolute atomic E-state index is 13.0. The van der Waals surface area contributed by atoms with Gasteiger partial charge in [-0.05, 0) is 35.9 Å². The highest BCUT2D eigenvalue weighted by Gasteiger charge is 2.13. The molecular weight excluding hydrogens is 335 g/mol. The first-order valence-electron chi connectivity index (χ1n) is 7.85. The fraction of sp³-hybridized carbons (Fsp3) is 0.0556. The third-order valence-electron chi connectivity index (χ3n) is 3.84. The van der Waals surface area contributed by atoms with Gasteiger partial charge in [0.1, 0.15) is 11.6 Å². The van der Waals surface area contributed by atoms with Crippen molar-refractivity contribution in [1.29, 1.82) is 0 Å². The molecule has 2 N–H and O–H groups in total. The van der Waals surface area contributed by atoms with Gasteiger partial charge in [0.05, 0.1) is 11.3 Å². The van der Waals surface area contributed by atoms with Crippen molar-refractivity contribution in [2.45, 2.75) is 6.42 Å². The molecule has 0 spiro atoms. The van der Waals surface area contributed by atoms with Crippen LogP contribution < -0.4 is 5.56 Å². The molecule has 0 saturated carbocycles. The lowest BCUT2D eigenvalue weighted by Gasteiger charge is -2.01. The molecule has 4 aromatic rings. The fourth-order valence-corrected chi connectivity index (χ4v) is 2.53. The highest BCUT2D eigenvalue weighted by molar-refractivity contribution is 5.65. The Morgan fingerprint density at radius 2 is 1.73 bits per heavy atom. The number of halogens is 1. The monoisotopic (exact) mass is 348 g/mol. The zero-order valence-corrected chi connectivity index (χ0v) is 13.5. The minimum Gasteiger partial charge on any atom is -0.267 e. The van der Waals surface area contributed by atoms with Crippen molar-refractivity contribution >= 4 is 0 Å². The molecule has 0 fully saturated rings. The minimum atomic E-state index is -0.380. The summed E-state index contributed by atoms with van der Waals surface area (Å²) in [5, 5.41) is 13.5. The molecular formula is C18H13FN6O. The molecule has 0 radical (unpaired) electrons. The first-order valence-corrected chi connectivity index (χ1v) is 7.85. The van der Waals surface area contributed by atoms with Crippen molar-refractivity contribution in [2.24, 2.45) is 0 Å². The Kier molecular flexibility index (Phi) is 4.06. The van der Waals surface area contributed by atoms with Crippen molar-refractivity contribution in [3.8, 4) is 22.6 Å². The third kappa shape index (κ3) is 3.25. The molecule has 7 nitrogen and oxygen atoms in total. The van der Waals surface area contributed by atoms with E-state index in [4.69, 9.17) is 0 Å². The number of aromatic nitrogens is 6. The lowest BCUT2D eigenvalue weighted by molar-refractivity contribution is 0.627. The van der Waals surface area contributed by atoms with Crippen LogP contribution in [0.3, 0.4) is 0 Å². The summed E-state index contributed by atoms with van der Waals surface area (Å²) in [5.74, 6) is 0.563. The van der Waals surface area contributed by atoms with Crippen LogP contribution in [-0.4, -0.2) is 30.4 Å². The normalized spacial score (nSPS) is 10.8. The largest absolute Gasteiger partial charge is 0.275 e. The number of benzene rings is 1. The number of pyridine rings is 1. The second kappa shape index (κ2) is 6.67. The minimum absolute atomic E-state index is 0.279. The second-order valence-corrected chi connectivity index (χ2v) is 5.64. The van der Waals surface area contributed by atoms with Gasteiger partial charge >= 0.3 is 0 Å². The van der Waals surface area contributed by atoms with Crippen molar-refractivity contribution in [2.75, 3.05) is 0 Å². The number of nitrogens with zero attached hydrogens (tertiary/aromatic N) is 4. The average molecular weight is 348 g/mol. The van der Waals surface area contributed by atoms with Crippen molar-refractivity contribution in [1.82, 2.24) is 30.4 Å². The molecule has 3 aromatic heterocycles. The lowest BCUT2D eigenvalue weighted by atomic mass is 10.1. The summed E-state index contributed by atoms with van der Waals surface area (Å²) in [4.78, 5) is 20.5. The zero-order chi connectivity index (χ0) is 17.9. The third-order valence-corrected chi connectivity index (χ3v) is 3.84. The Morgan fingerprint density at radius 3 is 2.50 bits per heavy atom. The van der Waals surface area contributed by atoms with Gasteiger partial charge in [0.15, 0.2) is 5.82 Å². The zero-order valence-electron chi connectivity index (χ0n) is 13.5. The molecule has 26 heavy (non-hydrogen) atoms. The number of rotatable bonds is 4. The van der Waals surface area contributed by atoms with E-state index in [1.165, 1.54) is 12.1 Å². The fourth-order valence-electron chi connectivity index (χ4n) is 2.53. The smallest absolute Gasteiger partial charge is 0.267 e. The van der Waals surface area contributed by atoms with E-state index in [1.807, 2.05) is 0 Å².